The lowest BCUT2D eigenvalue weighted by molar-refractivity contribution is -0.166. The molecule has 5 rings (SSSR count). The standard InChI is InChI=1S/C31H32ClN3O3S/c1-8-37-30(36)27(38-31(4,5)6)25-17(2)15-23-28(26(25)19-9-12-21(32)13-10-19)39-29(34-23)20-11-14-22-24(16-20)35(7)18(3)33-22/h9-16,27H,8H2,1-7H3/t27-/m0/s1. The molecular formula is C31H32ClN3O3S. The first-order chi connectivity index (χ1) is 18.5. The fourth-order valence-corrected chi connectivity index (χ4v) is 6.06. The van der Waals surface area contributed by atoms with Crippen LogP contribution in [0.2, 0.25) is 5.02 Å². The summed E-state index contributed by atoms with van der Waals surface area (Å²) in [7, 11) is 2.02. The second-order valence-corrected chi connectivity index (χ2v) is 12.1. The van der Waals surface area contributed by atoms with E-state index in [0.717, 1.165) is 59.9 Å². The zero-order chi connectivity index (χ0) is 28.1. The average molecular weight is 562 g/mol. The van der Waals surface area contributed by atoms with Crippen molar-refractivity contribution in [1.82, 2.24) is 14.5 Å². The van der Waals surface area contributed by atoms with E-state index in [2.05, 4.69) is 21.7 Å². The van der Waals surface area contributed by atoms with Gasteiger partial charge in [0.15, 0.2) is 6.10 Å². The number of imidazole rings is 1. The maximum Gasteiger partial charge on any atom is 0.339 e. The fraction of sp³-hybridized carbons (Fsp3) is 0.323. The zero-order valence-electron chi connectivity index (χ0n) is 23.3. The molecule has 0 unspecified atom stereocenters. The number of aromatic nitrogens is 3. The van der Waals surface area contributed by atoms with E-state index >= 15 is 0 Å². The van der Waals surface area contributed by atoms with Gasteiger partial charge in [-0.1, -0.05) is 23.7 Å². The highest BCUT2D eigenvalue weighted by molar-refractivity contribution is 7.22. The lowest BCUT2D eigenvalue weighted by Gasteiger charge is -2.29. The number of hydrogen-bond acceptors (Lipinski definition) is 6. The number of halogens is 1. The Kier molecular flexibility index (Phi) is 7.27. The van der Waals surface area contributed by atoms with Gasteiger partial charge in [-0.05, 0) is 89.1 Å². The number of hydrogen-bond donors (Lipinski definition) is 0. The van der Waals surface area contributed by atoms with Crippen LogP contribution in [-0.2, 0) is 21.3 Å². The maximum atomic E-state index is 13.3. The van der Waals surface area contributed by atoms with Gasteiger partial charge in [-0.25, -0.2) is 14.8 Å². The molecule has 8 heteroatoms. The van der Waals surface area contributed by atoms with E-state index in [9.17, 15) is 4.79 Å². The Balaban J connectivity index is 1.78. The summed E-state index contributed by atoms with van der Waals surface area (Å²) in [6.45, 7) is 11.9. The smallest absolute Gasteiger partial charge is 0.339 e. The van der Waals surface area contributed by atoms with Gasteiger partial charge in [0.2, 0.25) is 0 Å². The molecule has 0 spiro atoms. The molecule has 0 bridgehead atoms. The molecule has 0 aliphatic carbocycles. The van der Waals surface area contributed by atoms with Crippen molar-refractivity contribution in [2.45, 2.75) is 53.2 Å². The van der Waals surface area contributed by atoms with Gasteiger partial charge in [-0.3, -0.25) is 0 Å². The monoisotopic (exact) mass is 561 g/mol. The number of carbonyl (C=O) groups excluding carboxylic acids is 1. The number of esters is 1. The molecule has 2 heterocycles. The Labute approximate surface area is 237 Å². The van der Waals surface area contributed by atoms with Crippen molar-refractivity contribution in [3.63, 3.8) is 0 Å². The molecule has 5 aromatic rings. The number of thiazole rings is 1. The minimum atomic E-state index is -0.903. The van der Waals surface area contributed by atoms with Crippen LogP contribution in [0.3, 0.4) is 0 Å². The van der Waals surface area contributed by atoms with Crippen LogP contribution in [0.1, 0.15) is 50.8 Å². The number of carbonyl (C=O) groups is 1. The molecule has 0 aliphatic rings. The van der Waals surface area contributed by atoms with Crippen LogP contribution in [0.5, 0.6) is 0 Å². The SMILES string of the molecule is CCOC(=O)[C@@H](OC(C)(C)C)c1c(C)cc2nc(-c3ccc4nc(C)n(C)c4c3)sc2c1-c1ccc(Cl)cc1. The second kappa shape index (κ2) is 10.4. The Morgan fingerprint density at radius 2 is 1.72 bits per heavy atom. The van der Waals surface area contributed by atoms with Crippen molar-refractivity contribution in [3.8, 4) is 21.7 Å². The largest absolute Gasteiger partial charge is 0.464 e. The van der Waals surface area contributed by atoms with Gasteiger partial charge in [0, 0.05) is 28.8 Å². The van der Waals surface area contributed by atoms with Crippen LogP contribution >= 0.6 is 22.9 Å². The maximum absolute atomic E-state index is 13.3. The summed E-state index contributed by atoms with van der Waals surface area (Å²) in [6.07, 6.45) is -0.903. The van der Waals surface area contributed by atoms with E-state index in [-0.39, 0.29) is 6.61 Å². The van der Waals surface area contributed by atoms with Gasteiger partial charge in [-0.2, -0.15) is 0 Å². The van der Waals surface area contributed by atoms with Crippen molar-refractivity contribution < 1.29 is 14.3 Å². The predicted molar refractivity (Wildman–Crippen MR) is 159 cm³/mol. The van der Waals surface area contributed by atoms with E-state index in [0.29, 0.717) is 5.02 Å². The highest BCUT2D eigenvalue weighted by Gasteiger charge is 2.33. The molecule has 0 saturated carbocycles. The topological polar surface area (TPSA) is 66.2 Å². The van der Waals surface area contributed by atoms with Gasteiger partial charge >= 0.3 is 5.97 Å². The molecule has 2 aromatic heterocycles. The normalized spacial score (nSPS) is 12.8. The lowest BCUT2D eigenvalue weighted by atomic mass is 9.91. The molecule has 0 radical (unpaired) electrons. The molecule has 6 nitrogen and oxygen atoms in total. The third-order valence-electron chi connectivity index (χ3n) is 6.65. The summed E-state index contributed by atoms with van der Waals surface area (Å²) in [4.78, 5) is 23.0. The molecule has 0 fully saturated rings. The Morgan fingerprint density at radius 1 is 1.03 bits per heavy atom. The molecule has 1 atom stereocenters. The minimum Gasteiger partial charge on any atom is -0.464 e. The third-order valence-corrected chi connectivity index (χ3v) is 8.04. The number of fused-ring (bicyclic) bond motifs is 2. The quantitative estimate of drug-likeness (QED) is 0.195. The van der Waals surface area contributed by atoms with Gasteiger partial charge in [0.05, 0.1) is 33.5 Å². The van der Waals surface area contributed by atoms with Crippen LogP contribution in [0.15, 0.2) is 48.5 Å². The Morgan fingerprint density at radius 3 is 2.38 bits per heavy atom. The summed E-state index contributed by atoms with van der Waals surface area (Å²) in [5, 5.41) is 1.53. The number of rotatable bonds is 6. The number of nitrogens with zero attached hydrogens (tertiary/aromatic N) is 3. The Hall–Kier alpha value is -3.26. The molecular weight excluding hydrogens is 530 g/mol. The van der Waals surface area contributed by atoms with Crippen LogP contribution in [-0.4, -0.2) is 32.7 Å². The summed E-state index contributed by atoms with van der Waals surface area (Å²) >= 11 is 7.86. The molecule has 0 aliphatic heterocycles. The van der Waals surface area contributed by atoms with Crippen molar-refractivity contribution in [2.75, 3.05) is 6.61 Å². The average Bonchev–Trinajstić information content (AvgIpc) is 3.42. The molecule has 3 aromatic carbocycles. The van der Waals surface area contributed by atoms with Gasteiger partial charge in [-0.15, -0.1) is 11.3 Å². The van der Waals surface area contributed by atoms with Crippen molar-refractivity contribution in [3.05, 3.63) is 70.5 Å². The highest BCUT2D eigenvalue weighted by atomic mass is 35.5. The van der Waals surface area contributed by atoms with Gasteiger partial charge in [0.1, 0.15) is 10.8 Å². The summed E-state index contributed by atoms with van der Waals surface area (Å²) in [5.74, 6) is 0.549. The third kappa shape index (κ3) is 5.31. The fourth-order valence-electron chi connectivity index (χ4n) is 4.82. The van der Waals surface area contributed by atoms with E-state index < -0.39 is 17.7 Å². The molecule has 202 valence electrons. The number of benzene rings is 3. The van der Waals surface area contributed by atoms with Crippen LogP contribution in [0.25, 0.3) is 42.9 Å². The van der Waals surface area contributed by atoms with Crippen LogP contribution < -0.4 is 0 Å². The first-order valence-corrected chi connectivity index (χ1v) is 14.1. The molecule has 39 heavy (non-hydrogen) atoms. The summed E-state index contributed by atoms with van der Waals surface area (Å²) < 4.78 is 14.9. The minimum absolute atomic E-state index is 0.265. The Bertz CT molecular complexity index is 1700. The lowest BCUT2D eigenvalue weighted by Crippen LogP contribution is -2.29. The molecule has 0 saturated heterocycles. The number of ether oxygens (including phenoxy) is 2. The highest BCUT2D eigenvalue weighted by Crippen LogP contribution is 2.44. The van der Waals surface area contributed by atoms with Crippen molar-refractivity contribution >= 4 is 50.2 Å². The number of aryl methyl sites for hydroxylation is 3. The van der Waals surface area contributed by atoms with Gasteiger partial charge < -0.3 is 14.0 Å². The zero-order valence-corrected chi connectivity index (χ0v) is 24.8. The van der Waals surface area contributed by atoms with E-state index in [1.54, 1.807) is 18.3 Å². The van der Waals surface area contributed by atoms with Crippen LogP contribution in [0, 0.1) is 13.8 Å². The van der Waals surface area contributed by atoms with Crippen LogP contribution in [0.4, 0.5) is 0 Å². The first-order valence-electron chi connectivity index (χ1n) is 12.9. The summed E-state index contributed by atoms with van der Waals surface area (Å²) in [5.41, 5.74) is 6.84. The predicted octanol–water partition coefficient (Wildman–Crippen LogP) is 8.21. The van der Waals surface area contributed by atoms with Crippen molar-refractivity contribution in [2.24, 2.45) is 7.05 Å². The molecule has 0 amide bonds. The molecule has 0 N–H and O–H groups in total. The van der Waals surface area contributed by atoms with E-state index in [1.807, 2.05) is 78.1 Å². The van der Waals surface area contributed by atoms with Gasteiger partial charge in [0.25, 0.3) is 0 Å². The second-order valence-electron chi connectivity index (χ2n) is 10.6. The summed E-state index contributed by atoms with van der Waals surface area (Å²) in [6, 6.07) is 15.9. The van der Waals surface area contributed by atoms with Crippen molar-refractivity contribution in [1.29, 1.82) is 0 Å². The van der Waals surface area contributed by atoms with E-state index in [1.165, 1.54) is 0 Å². The van der Waals surface area contributed by atoms with E-state index in [4.69, 9.17) is 26.1 Å². The first kappa shape index (κ1) is 27.3.